The van der Waals surface area contributed by atoms with Gasteiger partial charge in [-0.3, -0.25) is 9.59 Å². The number of aliphatic hydroxyl groups excluding tert-OH is 1. The first-order valence-corrected chi connectivity index (χ1v) is 7.79. The number of hydrogen-bond donors (Lipinski definition) is 4. The minimum absolute atomic E-state index is 0.124. The van der Waals surface area contributed by atoms with Gasteiger partial charge in [-0.05, 0) is 12.1 Å². The van der Waals surface area contributed by atoms with Crippen molar-refractivity contribution in [3.8, 4) is 17.2 Å². The molecule has 0 bridgehead atoms. The monoisotopic (exact) mass is 378 g/mol. The summed E-state index contributed by atoms with van der Waals surface area (Å²) in [6.45, 7) is -1.63. The molecule has 0 fully saturated rings. The Hall–Kier alpha value is -3.33. The molecule has 0 aliphatic rings. The molecule has 0 spiro atoms. The van der Waals surface area contributed by atoms with Crippen LogP contribution < -0.4 is 20.1 Å². The van der Waals surface area contributed by atoms with Gasteiger partial charge in [0, 0.05) is 34.6 Å². The van der Waals surface area contributed by atoms with Gasteiger partial charge in [-0.2, -0.15) is 0 Å². The zero-order valence-electron chi connectivity index (χ0n) is 14.7. The Morgan fingerprint density at radius 3 is 2.44 bits per heavy atom. The number of methoxy groups -OCH3 is 2. The number of alkyl halides is 1. The van der Waals surface area contributed by atoms with Gasteiger partial charge in [0.2, 0.25) is 5.75 Å². The molecule has 0 aromatic heterocycles. The third kappa shape index (κ3) is 4.64. The van der Waals surface area contributed by atoms with Gasteiger partial charge in [0.25, 0.3) is 11.8 Å². The fraction of sp³-hybridized carbons (Fsp3) is 0.222. The second-order valence-electron chi connectivity index (χ2n) is 5.40. The van der Waals surface area contributed by atoms with Gasteiger partial charge in [-0.15, -0.1) is 0 Å². The fourth-order valence-corrected chi connectivity index (χ4v) is 2.38. The summed E-state index contributed by atoms with van der Waals surface area (Å²) in [5.41, 5.74) is 0.853. The fourth-order valence-electron chi connectivity index (χ4n) is 2.38. The Morgan fingerprint density at radius 2 is 1.85 bits per heavy atom. The topological polar surface area (TPSA) is 117 Å². The van der Waals surface area contributed by atoms with Crippen molar-refractivity contribution in [2.24, 2.45) is 0 Å². The minimum Gasteiger partial charge on any atom is -0.504 e. The van der Waals surface area contributed by atoms with Gasteiger partial charge in [-0.1, -0.05) is 6.07 Å². The Morgan fingerprint density at radius 1 is 1.11 bits per heavy atom. The normalized spacial score (nSPS) is 10.2. The number of phenolic OH excluding ortho intramolecular Hbond substituents is 1. The molecule has 0 saturated heterocycles. The number of carbonyl (C=O) groups is 2. The maximum Gasteiger partial charge on any atom is 0.255 e. The number of hydrogen-bond acceptors (Lipinski definition) is 6. The van der Waals surface area contributed by atoms with Crippen molar-refractivity contribution in [1.82, 2.24) is 0 Å². The zero-order valence-corrected chi connectivity index (χ0v) is 14.7. The molecule has 0 saturated carbocycles. The number of benzene rings is 2. The van der Waals surface area contributed by atoms with E-state index in [0.29, 0.717) is 5.56 Å². The molecule has 2 aromatic carbocycles. The van der Waals surface area contributed by atoms with E-state index in [1.54, 1.807) is 0 Å². The number of rotatable bonds is 7. The van der Waals surface area contributed by atoms with E-state index in [0.717, 1.165) is 0 Å². The van der Waals surface area contributed by atoms with E-state index in [1.165, 1.54) is 44.6 Å². The van der Waals surface area contributed by atoms with E-state index in [9.17, 15) is 24.2 Å². The number of halogens is 1. The average molecular weight is 378 g/mol. The average Bonchev–Trinajstić information content (AvgIpc) is 2.67. The first kappa shape index (κ1) is 20.0. The lowest BCUT2D eigenvalue weighted by Gasteiger charge is -2.13. The summed E-state index contributed by atoms with van der Waals surface area (Å²) in [5.74, 6) is -1.33. The molecule has 4 N–H and O–H groups in total. The van der Waals surface area contributed by atoms with Crippen LogP contribution in [0.25, 0.3) is 0 Å². The molecule has 27 heavy (non-hydrogen) atoms. The lowest BCUT2D eigenvalue weighted by molar-refractivity contribution is -0.117. The molecular weight excluding hydrogens is 359 g/mol. The quantitative estimate of drug-likeness (QED) is 0.586. The van der Waals surface area contributed by atoms with Gasteiger partial charge >= 0.3 is 0 Å². The molecular formula is C18H19FN2O6. The third-order valence-corrected chi connectivity index (χ3v) is 3.66. The van der Waals surface area contributed by atoms with E-state index in [1.807, 2.05) is 0 Å². The molecule has 0 radical (unpaired) electrons. The lowest BCUT2D eigenvalue weighted by atomic mass is 10.1. The highest BCUT2D eigenvalue weighted by atomic mass is 19.1. The van der Waals surface area contributed by atoms with Gasteiger partial charge < -0.3 is 30.3 Å². The zero-order chi connectivity index (χ0) is 20.0. The van der Waals surface area contributed by atoms with Crippen molar-refractivity contribution in [2.45, 2.75) is 6.61 Å². The molecule has 0 atom stereocenters. The van der Waals surface area contributed by atoms with Crippen LogP contribution in [0.2, 0.25) is 0 Å². The van der Waals surface area contributed by atoms with E-state index in [2.05, 4.69) is 10.6 Å². The molecule has 8 nitrogen and oxygen atoms in total. The van der Waals surface area contributed by atoms with Gasteiger partial charge in [0.1, 0.15) is 0 Å². The number of carbonyl (C=O) groups excluding carboxylic acids is 2. The number of ether oxygens (including phenoxy) is 2. The lowest BCUT2D eigenvalue weighted by Crippen LogP contribution is -2.17. The summed E-state index contributed by atoms with van der Waals surface area (Å²) >= 11 is 0. The highest BCUT2D eigenvalue weighted by Crippen LogP contribution is 2.39. The molecule has 2 amide bonds. The number of phenols is 1. The smallest absolute Gasteiger partial charge is 0.255 e. The first-order valence-electron chi connectivity index (χ1n) is 7.79. The summed E-state index contributed by atoms with van der Waals surface area (Å²) in [4.78, 5) is 23.7. The molecule has 2 rings (SSSR count). The predicted molar refractivity (Wildman–Crippen MR) is 96.1 cm³/mol. The highest BCUT2D eigenvalue weighted by molar-refractivity contribution is 6.06. The maximum absolute atomic E-state index is 12.5. The van der Waals surface area contributed by atoms with Gasteiger partial charge in [0.15, 0.2) is 18.2 Å². The van der Waals surface area contributed by atoms with E-state index in [-0.39, 0.29) is 34.2 Å². The van der Waals surface area contributed by atoms with Crippen molar-refractivity contribution >= 4 is 23.2 Å². The van der Waals surface area contributed by atoms with Crippen LogP contribution in [-0.2, 0) is 11.4 Å². The second-order valence-corrected chi connectivity index (χ2v) is 5.40. The molecule has 0 aliphatic heterocycles. The Balaban J connectivity index is 2.29. The second kappa shape index (κ2) is 8.86. The van der Waals surface area contributed by atoms with Crippen LogP contribution in [0.3, 0.4) is 0 Å². The summed E-state index contributed by atoms with van der Waals surface area (Å²) in [5, 5.41) is 24.1. The van der Waals surface area contributed by atoms with Crippen molar-refractivity contribution in [2.75, 3.05) is 31.5 Å². The van der Waals surface area contributed by atoms with E-state index in [4.69, 9.17) is 9.47 Å². The molecule has 9 heteroatoms. The number of aliphatic hydroxyl groups is 1. The summed E-state index contributed by atoms with van der Waals surface area (Å²) < 4.78 is 22.5. The molecule has 0 aliphatic carbocycles. The van der Waals surface area contributed by atoms with Crippen LogP contribution in [-0.4, -0.2) is 42.9 Å². The van der Waals surface area contributed by atoms with E-state index < -0.39 is 25.1 Å². The number of anilines is 2. The van der Waals surface area contributed by atoms with Crippen molar-refractivity contribution in [1.29, 1.82) is 0 Å². The van der Waals surface area contributed by atoms with Gasteiger partial charge in [-0.25, -0.2) is 4.39 Å². The molecule has 144 valence electrons. The standard InChI is InChI=1S/C18H19FN2O6/c1-26-15-7-12(6-14(23)17(15)27-2)20-18(25)10-3-4-11(9-22)13(5-10)21-16(24)8-19/h3-7,22-23H,8-9H2,1-2H3,(H,20,25)(H,21,24). The van der Waals surface area contributed by atoms with Crippen molar-refractivity contribution in [3.63, 3.8) is 0 Å². The van der Waals surface area contributed by atoms with E-state index >= 15 is 0 Å². The third-order valence-electron chi connectivity index (χ3n) is 3.66. The Labute approximate surface area is 154 Å². The van der Waals surface area contributed by atoms with Crippen LogP contribution >= 0.6 is 0 Å². The van der Waals surface area contributed by atoms with Crippen LogP contribution in [0.5, 0.6) is 17.2 Å². The van der Waals surface area contributed by atoms with Crippen molar-refractivity contribution < 1.29 is 33.7 Å². The summed E-state index contributed by atoms with van der Waals surface area (Å²) in [7, 11) is 2.75. The van der Waals surface area contributed by atoms with Crippen LogP contribution in [0.1, 0.15) is 15.9 Å². The highest BCUT2D eigenvalue weighted by Gasteiger charge is 2.15. The molecule has 0 heterocycles. The number of aromatic hydroxyl groups is 1. The van der Waals surface area contributed by atoms with Crippen LogP contribution in [0.4, 0.5) is 15.8 Å². The summed E-state index contributed by atoms with van der Waals surface area (Å²) in [6.07, 6.45) is 0. The molecule has 0 unspecified atom stereocenters. The van der Waals surface area contributed by atoms with Crippen LogP contribution in [0, 0.1) is 0 Å². The SMILES string of the molecule is COc1cc(NC(=O)c2ccc(CO)c(NC(=O)CF)c2)cc(O)c1OC. The molecule has 2 aromatic rings. The predicted octanol–water partition coefficient (Wildman–Crippen LogP) is 2.06. The first-order chi connectivity index (χ1) is 12.9. The minimum atomic E-state index is -1.23. The number of amides is 2. The van der Waals surface area contributed by atoms with Gasteiger partial charge in [0.05, 0.1) is 20.8 Å². The largest absolute Gasteiger partial charge is 0.504 e. The van der Waals surface area contributed by atoms with Crippen molar-refractivity contribution in [3.05, 3.63) is 41.5 Å². The number of nitrogens with one attached hydrogen (secondary N) is 2. The summed E-state index contributed by atoms with van der Waals surface area (Å²) in [6, 6.07) is 6.94. The van der Waals surface area contributed by atoms with Crippen LogP contribution in [0.15, 0.2) is 30.3 Å². The Kier molecular flexibility index (Phi) is 6.56. The Bertz CT molecular complexity index is 856. The maximum atomic E-state index is 12.5.